The summed E-state index contributed by atoms with van der Waals surface area (Å²) in [6.45, 7) is 0. The van der Waals surface area contributed by atoms with E-state index in [-0.39, 0.29) is 76.4 Å². The Kier molecular flexibility index (Phi) is 12.2. The molecule has 0 bridgehead atoms. The summed E-state index contributed by atoms with van der Waals surface area (Å²) in [6.07, 6.45) is 0. The van der Waals surface area contributed by atoms with Crippen molar-refractivity contribution in [3.05, 3.63) is 29.6 Å². The molecule has 34 heavy (non-hydrogen) atoms. The third kappa shape index (κ3) is 6.82. The van der Waals surface area contributed by atoms with Crippen molar-refractivity contribution in [3.8, 4) is 56.9 Å². The second-order valence-electron chi connectivity index (χ2n) is 6.24. The average molecular weight is 527 g/mol. The van der Waals surface area contributed by atoms with Gasteiger partial charge in [-0.3, -0.25) is 0 Å². The largest absolute Gasteiger partial charge is 1.00 e. The van der Waals surface area contributed by atoms with Crippen LogP contribution in [0.25, 0.3) is 22.4 Å². The minimum absolute atomic E-state index is 0. The maximum atomic E-state index is 11.3. The maximum absolute atomic E-state index is 11.3. The van der Waals surface area contributed by atoms with Gasteiger partial charge in [0.1, 0.15) is 7.82 Å². The standard InChI is InChI=1S/C20H22NO9PS.2Na/c1-25-14-6-11(7-17(20(14)29-5)30-31(22,23)24)13-10-32-21-18(13)12-8-15(26-2)19(28-4)16(9-12)27-3;;/h6-10H,1-5H3,(H2,22,23,24);;/q;2*+1/p-2. The number of phosphoric acid groups is 1. The first-order chi connectivity index (χ1) is 15.3. The van der Waals surface area contributed by atoms with Crippen molar-refractivity contribution in [2.75, 3.05) is 35.5 Å². The summed E-state index contributed by atoms with van der Waals surface area (Å²) in [5, 5.41) is 1.76. The van der Waals surface area contributed by atoms with Crippen LogP contribution in [0, 0.1) is 0 Å². The summed E-state index contributed by atoms with van der Waals surface area (Å²) < 4.78 is 47.0. The second kappa shape index (κ2) is 13.4. The first-order valence-corrected chi connectivity index (χ1v) is 11.3. The molecule has 1 aromatic heterocycles. The van der Waals surface area contributed by atoms with Crippen molar-refractivity contribution in [3.63, 3.8) is 0 Å². The van der Waals surface area contributed by atoms with Crippen LogP contribution in [-0.4, -0.2) is 39.9 Å². The predicted octanol–water partition coefficient (Wildman–Crippen LogP) is -3.26. The van der Waals surface area contributed by atoms with Gasteiger partial charge in [0.15, 0.2) is 23.0 Å². The van der Waals surface area contributed by atoms with Gasteiger partial charge in [-0.2, -0.15) is 4.37 Å². The number of hydrogen-bond donors (Lipinski definition) is 0. The Balaban J connectivity index is 0.00000289. The second-order valence-corrected chi connectivity index (χ2v) is 7.95. The normalized spacial score (nSPS) is 10.4. The fourth-order valence-electron chi connectivity index (χ4n) is 3.14. The molecule has 172 valence electrons. The smallest absolute Gasteiger partial charge is 0.780 e. The molecule has 0 aliphatic heterocycles. The topological polar surface area (TPSA) is 131 Å². The molecule has 0 saturated carbocycles. The SMILES string of the molecule is COc1cc(-c2nscc2-c2cc(OC)c(OC)c(OP(=O)([O-])[O-])c2)cc(OC)c1OC.[Na+].[Na+]. The van der Waals surface area contributed by atoms with E-state index in [0.29, 0.717) is 39.6 Å². The average Bonchev–Trinajstić information content (AvgIpc) is 3.26. The van der Waals surface area contributed by atoms with Crippen LogP contribution < -0.4 is 97.1 Å². The number of nitrogens with zero attached hydrogens (tertiary/aromatic N) is 1. The predicted molar refractivity (Wildman–Crippen MR) is 114 cm³/mol. The van der Waals surface area contributed by atoms with E-state index >= 15 is 0 Å². The van der Waals surface area contributed by atoms with Crippen molar-refractivity contribution >= 4 is 19.4 Å². The number of ether oxygens (including phenoxy) is 5. The van der Waals surface area contributed by atoms with Crippen molar-refractivity contribution in [2.45, 2.75) is 0 Å². The van der Waals surface area contributed by atoms with E-state index in [4.69, 9.17) is 23.7 Å². The minimum Gasteiger partial charge on any atom is -0.780 e. The van der Waals surface area contributed by atoms with E-state index in [1.807, 2.05) is 0 Å². The summed E-state index contributed by atoms with van der Waals surface area (Å²) >= 11 is 1.18. The molecule has 0 saturated heterocycles. The van der Waals surface area contributed by atoms with Crippen LogP contribution in [0.1, 0.15) is 0 Å². The van der Waals surface area contributed by atoms with Crippen LogP contribution in [0.15, 0.2) is 29.6 Å². The molecule has 0 fully saturated rings. The Hall–Kier alpha value is -0.980. The summed E-state index contributed by atoms with van der Waals surface area (Å²) in [4.78, 5) is 22.5. The molecule has 2 aromatic carbocycles. The number of benzene rings is 2. The van der Waals surface area contributed by atoms with Gasteiger partial charge in [0.05, 0.1) is 41.2 Å². The Morgan fingerprint density at radius 3 is 1.62 bits per heavy atom. The summed E-state index contributed by atoms with van der Waals surface area (Å²) in [5.41, 5.74) is 2.33. The van der Waals surface area contributed by atoms with Crippen molar-refractivity contribution < 1.29 is 102 Å². The van der Waals surface area contributed by atoms with Crippen LogP contribution in [0.3, 0.4) is 0 Å². The molecule has 0 amide bonds. The maximum Gasteiger partial charge on any atom is 1.00 e. The van der Waals surface area contributed by atoms with Gasteiger partial charge in [-0.15, -0.1) is 0 Å². The van der Waals surface area contributed by atoms with Crippen LogP contribution >= 0.6 is 19.4 Å². The number of rotatable bonds is 9. The molecule has 3 rings (SSSR count). The number of hydrogen-bond acceptors (Lipinski definition) is 11. The Labute approximate surface area is 245 Å². The number of aromatic nitrogens is 1. The van der Waals surface area contributed by atoms with E-state index in [2.05, 4.69) is 8.90 Å². The number of phosphoric ester groups is 1. The van der Waals surface area contributed by atoms with Gasteiger partial charge in [-0.05, 0) is 41.4 Å². The molecule has 10 nitrogen and oxygen atoms in total. The molecule has 0 aliphatic carbocycles. The fourth-order valence-corrected chi connectivity index (χ4v) is 4.23. The molecule has 0 aliphatic rings. The molecule has 14 heteroatoms. The van der Waals surface area contributed by atoms with Gasteiger partial charge in [0, 0.05) is 16.5 Å². The van der Waals surface area contributed by atoms with Crippen molar-refractivity contribution in [2.24, 2.45) is 0 Å². The van der Waals surface area contributed by atoms with Crippen molar-refractivity contribution in [1.82, 2.24) is 4.37 Å². The van der Waals surface area contributed by atoms with Crippen LogP contribution in [0.2, 0.25) is 0 Å². The summed E-state index contributed by atoms with van der Waals surface area (Å²) in [7, 11) is 1.85. The minimum atomic E-state index is -5.35. The summed E-state index contributed by atoms with van der Waals surface area (Å²) in [6, 6.07) is 6.47. The van der Waals surface area contributed by atoms with Gasteiger partial charge >= 0.3 is 59.1 Å². The fraction of sp³-hybridized carbons (Fsp3) is 0.250. The van der Waals surface area contributed by atoms with Crippen LogP contribution in [0.4, 0.5) is 0 Å². The van der Waals surface area contributed by atoms with E-state index in [1.54, 1.807) is 23.6 Å². The van der Waals surface area contributed by atoms with Gasteiger partial charge in [0.2, 0.25) is 11.5 Å². The first-order valence-electron chi connectivity index (χ1n) is 8.99. The molecule has 0 unspecified atom stereocenters. The number of methoxy groups -OCH3 is 5. The van der Waals surface area contributed by atoms with Crippen LogP contribution in [0.5, 0.6) is 34.5 Å². The van der Waals surface area contributed by atoms with E-state index < -0.39 is 7.82 Å². The molecule has 0 atom stereocenters. The van der Waals surface area contributed by atoms with E-state index in [1.165, 1.54) is 53.1 Å². The van der Waals surface area contributed by atoms with E-state index in [0.717, 1.165) is 0 Å². The zero-order valence-electron chi connectivity index (χ0n) is 19.9. The first kappa shape index (κ1) is 31.1. The molecule has 0 radical (unpaired) electrons. The third-order valence-corrected chi connectivity index (χ3v) is 5.52. The zero-order chi connectivity index (χ0) is 23.5. The molecule has 0 spiro atoms. The molecule has 1 heterocycles. The molecule has 0 N–H and O–H groups in total. The quantitative estimate of drug-likeness (QED) is 0.206. The van der Waals surface area contributed by atoms with E-state index in [9.17, 15) is 14.4 Å². The molecular weight excluding hydrogens is 507 g/mol. The van der Waals surface area contributed by atoms with Gasteiger partial charge in [-0.1, -0.05) is 0 Å². The monoisotopic (exact) mass is 527 g/mol. The zero-order valence-corrected chi connectivity index (χ0v) is 25.6. The van der Waals surface area contributed by atoms with Crippen molar-refractivity contribution in [1.29, 1.82) is 0 Å². The molecule has 3 aromatic rings. The van der Waals surface area contributed by atoms with Gasteiger partial charge in [-0.25, -0.2) is 0 Å². The van der Waals surface area contributed by atoms with Gasteiger partial charge in [0.25, 0.3) is 0 Å². The van der Waals surface area contributed by atoms with Gasteiger partial charge < -0.3 is 42.6 Å². The molecular formula is C20H20NNa2O9PS. The summed E-state index contributed by atoms with van der Waals surface area (Å²) in [5.74, 6) is 1.17. The Morgan fingerprint density at radius 2 is 1.18 bits per heavy atom. The Morgan fingerprint density at radius 1 is 0.735 bits per heavy atom. The Bertz CT molecular complexity index is 1140. The van der Waals surface area contributed by atoms with Crippen LogP contribution in [-0.2, 0) is 4.57 Å². The third-order valence-electron chi connectivity index (χ3n) is 4.47.